The predicted molar refractivity (Wildman–Crippen MR) is 74.9 cm³/mol. The van der Waals surface area contributed by atoms with Gasteiger partial charge in [0.25, 0.3) is 0 Å². The molecule has 0 aliphatic heterocycles. The number of halogens is 3. The van der Waals surface area contributed by atoms with Crippen molar-refractivity contribution in [3.63, 3.8) is 0 Å². The molecule has 2 aromatic carbocycles. The summed E-state index contributed by atoms with van der Waals surface area (Å²) in [7, 11) is 0. The van der Waals surface area contributed by atoms with E-state index in [1.165, 1.54) is 12.1 Å². The fraction of sp³-hybridized carbons (Fsp3) is 0.143. The lowest BCUT2D eigenvalue weighted by atomic mass is 10.1. The van der Waals surface area contributed by atoms with Crippen LogP contribution in [-0.4, -0.2) is 0 Å². The number of nitrogens with one attached hydrogen (secondary N) is 1. The van der Waals surface area contributed by atoms with Gasteiger partial charge in [-0.2, -0.15) is 0 Å². The number of anilines is 1. The molecule has 2 aromatic rings. The molecule has 4 heteroatoms. The maximum Gasteiger partial charge on any atom is 0.123 e. The van der Waals surface area contributed by atoms with Gasteiger partial charge < -0.3 is 5.32 Å². The highest BCUT2D eigenvalue weighted by atomic mass is 35.5. The number of aryl methyl sites for hydroxylation is 1. The van der Waals surface area contributed by atoms with E-state index in [0.717, 1.165) is 16.8 Å². The summed E-state index contributed by atoms with van der Waals surface area (Å²) in [6.07, 6.45) is 0. The molecular formula is C14H12Cl2FN. The van der Waals surface area contributed by atoms with Crippen LogP contribution in [0, 0.1) is 12.7 Å². The third-order valence-corrected chi connectivity index (χ3v) is 3.28. The van der Waals surface area contributed by atoms with Gasteiger partial charge in [-0.25, -0.2) is 4.39 Å². The van der Waals surface area contributed by atoms with Crippen molar-refractivity contribution in [3.8, 4) is 0 Å². The number of rotatable bonds is 3. The zero-order valence-electron chi connectivity index (χ0n) is 9.81. The van der Waals surface area contributed by atoms with Crippen molar-refractivity contribution < 1.29 is 4.39 Å². The first-order valence-electron chi connectivity index (χ1n) is 5.50. The van der Waals surface area contributed by atoms with Crippen LogP contribution in [0.25, 0.3) is 0 Å². The summed E-state index contributed by atoms with van der Waals surface area (Å²) < 4.78 is 13.1. The smallest absolute Gasteiger partial charge is 0.123 e. The second kappa shape index (κ2) is 5.59. The van der Waals surface area contributed by atoms with E-state index in [2.05, 4.69) is 5.32 Å². The SMILES string of the molecule is Cc1ccc(Cl)cc1NCc1cc(F)ccc1Cl. The molecule has 94 valence electrons. The molecule has 18 heavy (non-hydrogen) atoms. The Morgan fingerprint density at radius 3 is 2.67 bits per heavy atom. The zero-order valence-corrected chi connectivity index (χ0v) is 11.3. The topological polar surface area (TPSA) is 12.0 Å². The minimum Gasteiger partial charge on any atom is -0.381 e. The van der Waals surface area contributed by atoms with Gasteiger partial charge in [-0.1, -0.05) is 29.3 Å². The Kier molecular flexibility index (Phi) is 4.10. The average molecular weight is 284 g/mol. The molecular weight excluding hydrogens is 272 g/mol. The lowest BCUT2D eigenvalue weighted by Crippen LogP contribution is -2.02. The van der Waals surface area contributed by atoms with E-state index >= 15 is 0 Å². The van der Waals surface area contributed by atoms with Crippen molar-refractivity contribution >= 4 is 28.9 Å². The van der Waals surface area contributed by atoms with Gasteiger partial charge in [0.1, 0.15) is 5.82 Å². The molecule has 1 nitrogen and oxygen atoms in total. The van der Waals surface area contributed by atoms with Gasteiger partial charge in [-0.15, -0.1) is 0 Å². The van der Waals surface area contributed by atoms with E-state index in [1.54, 1.807) is 6.07 Å². The van der Waals surface area contributed by atoms with Crippen molar-refractivity contribution in [1.82, 2.24) is 0 Å². The maximum atomic E-state index is 13.1. The van der Waals surface area contributed by atoms with E-state index in [9.17, 15) is 4.39 Å². The Labute approximate surface area is 116 Å². The second-order valence-electron chi connectivity index (χ2n) is 4.05. The van der Waals surface area contributed by atoms with E-state index in [0.29, 0.717) is 16.6 Å². The van der Waals surface area contributed by atoms with E-state index in [1.807, 2.05) is 25.1 Å². The van der Waals surface area contributed by atoms with Crippen LogP contribution in [0.15, 0.2) is 36.4 Å². The molecule has 0 aliphatic carbocycles. The van der Waals surface area contributed by atoms with Crippen molar-refractivity contribution in [1.29, 1.82) is 0 Å². The highest BCUT2D eigenvalue weighted by Crippen LogP contribution is 2.23. The van der Waals surface area contributed by atoms with E-state index in [-0.39, 0.29) is 5.82 Å². The fourth-order valence-electron chi connectivity index (χ4n) is 1.65. The van der Waals surface area contributed by atoms with Gasteiger partial charge in [-0.05, 0) is 48.4 Å². The predicted octanol–water partition coefficient (Wildman–Crippen LogP) is 5.05. The van der Waals surface area contributed by atoms with Crippen LogP contribution in [0.5, 0.6) is 0 Å². The molecule has 0 heterocycles. The summed E-state index contributed by atoms with van der Waals surface area (Å²) in [6, 6.07) is 9.92. The van der Waals surface area contributed by atoms with Crippen LogP contribution in [0.2, 0.25) is 10.0 Å². The fourth-order valence-corrected chi connectivity index (χ4v) is 2.01. The summed E-state index contributed by atoms with van der Waals surface area (Å²) in [5.41, 5.74) is 2.71. The zero-order chi connectivity index (χ0) is 13.1. The quantitative estimate of drug-likeness (QED) is 0.831. The maximum absolute atomic E-state index is 13.1. The molecule has 0 spiro atoms. The Morgan fingerprint density at radius 1 is 1.11 bits per heavy atom. The molecule has 0 saturated heterocycles. The molecule has 0 bridgehead atoms. The average Bonchev–Trinajstić information content (AvgIpc) is 2.34. The molecule has 0 aromatic heterocycles. The van der Waals surface area contributed by atoms with Crippen LogP contribution < -0.4 is 5.32 Å². The third-order valence-electron chi connectivity index (χ3n) is 2.68. The number of benzene rings is 2. The number of hydrogen-bond acceptors (Lipinski definition) is 1. The Bertz CT molecular complexity index is 518. The van der Waals surface area contributed by atoms with Crippen LogP contribution in [-0.2, 0) is 6.54 Å². The highest BCUT2D eigenvalue weighted by molar-refractivity contribution is 6.31. The molecule has 1 N–H and O–H groups in total. The standard InChI is InChI=1S/C14H12Cl2FN/c1-9-2-3-11(15)7-14(9)18-8-10-6-12(17)4-5-13(10)16/h2-7,18H,8H2,1H3. The molecule has 0 radical (unpaired) electrons. The van der Waals surface area contributed by atoms with Crippen molar-refractivity contribution in [3.05, 3.63) is 63.4 Å². The van der Waals surface area contributed by atoms with Gasteiger partial charge in [0.05, 0.1) is 0 Å². The van der Waals surface area contributed by atoms with Gasteiger partial charge in [0.2, 0.25) is 0 Å². The van der Waals surface area contributed by atoms with Gasteiger partial charge in [0, 0.05) is 22.3 Å². The number of hydrogen-bond donors (Lipinski definition) is 1. The van der Waals surface area contributed by atoms with Gasteiger partial charge in [-0.3, -0.25) is 0 Å². The summed E-state index contributed by atoms with van der Waals surface area (Å²) in [4.78, 5) is 0. The lowest BCUT2D eigenvalue weighted by molar-refractivity contribution is 0.626. The first-order chi connectivity index (χ1) is 8.56. The highest BCUT2D eigenvalue weighted by Gasteiger charge is 2.04. The molecule has 0 amide bonds. The monoisotopic (exact) mass is 283 g/mol. The Morgan fingerprint density at radius 2 is 1.89 bits per heavy atom. The summed E-state index contributed by atoms with van der Waals surface area (Å²) >= 11 is 11.9. The Hall–Kier alpha value is -1.25. The first kappa shape index (κ1) is 13.2. The summed E-state index contributed by atoms with van der Waals surface area (Å²) in [5.74, 6) is -0.293. The van der Waals surface area contributed by atoms with Gasteiger partial charge in [0.15, 0.2) is 0 Å². The molecule has 0 aliphatic rings. The lowest BCUT2D eigenvalue weighted by Gasteiger charge is -2.11. The van der Waals surface area contributed by atoms with Crippen molar-refractivity contribution in [2.24, 2.45) is 0 Å². The minimum atomic E-state index is -0.293. The molecule has 0 unspecified atom stereocenters. The molecule has 0 atom stereocenters. The Balaban J connectivity index is 2.16. The van der Waals surface area contributed by atoms with Gasteiger partial charge >= 0.3 is 0 Å². The molecule has 0 fully saturated rings. The molecule has 2 rings (SSSR count). The first-order valence-corrected chi connectivity index (χ1v) is 6.26. The van der Waals surface area contributed by atoms with E-state index in [4.69, 9.17) is 23.2 Å². The summed E-state index contributed by atoms with van der Waals surface area (Å²) in [6.45, 7) is 2.43. The largest absolute Gasteiger partial charge is 0.381 e. The van der Waals surface area contributed by atoms with Crippen LogP contribution in [0.3, 0.4) is 0 Å². The van der Waals surface area contributed by atoms with E-state index < -0.39 is 0 Å². The third kappa shape index (κ3) is 3.15. The van der Waals surface area contributed by atoms with Crippen molar-refractivity contribution in [2.75, 3.05) is 5.32 Å². The molecule has 0 saturated carbocycles. The normalized spacial score (nSPS) is 10.4. The van der Waals surface area contributed by atoms with Crippen LogP contribution in [0.1, 0.15) is 11.1 Å². The van der Waals surface area contributed by atoms with Crippen molar-refractivity contribution in [2.45, 2.75) is 13.5 Å². The van der Waals surface area contributed by atoms with Crippen LogP contribution >= 0.6 is 23.2 Å². The van der Waals surface area contributed by atoms with Crippen LogP contribution in [0.4, 0.5) is 10.1 Å². The summed E-state index contributed by atoms with van der Waals surface area (Å²) in [5, 5.41) is 4.41. The second-order valence-corrected chi connectivity index (χ2v) is 4.89. The minimum absolute atomic E-state index is 0.293.